The van der Waals surface area contributed by atoms with Crippen LogP contribution in [0.25, 0.3) is 0 Å². The molecule has 0 bridgehead atoms. The number of fused-ring (bicyclic) bond motifs is 1. The van der Waals surface area contributed by atoms with Gasteiger partial charge in [0.25, 0.3) is 0 Å². The molecule has 0 saturated carbocycles. The van der Waals surface area contributed by atoms with Gasteiger partial charge in [0.05, 0.1) is 5.69 Å². The Morgan fingerprint density at radius 1 is 1.21 bits per heavy atom. The summed E-state index contributed by atoms with van der Waals surface area (Å²) in [6.45, 7) is 2.66. The van der Waals surface area contributed by atoms with Crippen LogP contribution in [0.2, 0.25) is 0 Å². The number of aliphatic imine (C=N–C) groups is 1. The summed E-state index contributed by atoms with van der Waals surface area (Å²) in [5.41, 5.74) is 1.35. The summed E-state index contributed by atoms with van der Waals surface area (Å²) in [5, 5.41) is 3.27. The summed E-state index contributed by atoms with van der Waals surface area (Å²) in [7, 11) is 0. The van der Waals surface area contributed by atoms with Crippen molar-refractivity contribution in [1.29, 1.82) is 0 Å². The van der Waals surface area contributed by atoms with Crippen molar-refractivity contribution in [2.24, 2.45) is 4.99 Å². The zero-order chi connectivity index (χ0) is 20.4. The van der Waals surface area contributed by atoms with Crippen LogP contribution < -0.4 is 19.7 Å². The van der Waals surface area contributed by atoms with Crippen molar-refractivity contribution in [3.8, 4) is 11.5 Å². The lowest BCUT2D eigenvalue weighted by Gasteiger charge is -2.16. The zero-order valence-electron chi connectivity index (χ0n) is 15.6. The van der Waals surface area contributed by atoms with Gasteiger partial charge in [-0.2, -0.15) is 0 Å². The number of nitrogens with zero attached hydrogens (tertiary/aromatic N) is 2. The SMILES string of the molecule is CCN=C(Nc1ccc2c(c1)OCO2)S[C@H]1CC(=O)N(c2ccc(Br)cc2)C1=O. The number of amidine groups is 1. The van der Waals surface area contributed by atoms with Crippen LogP contribution in [0.1, 0.15) is 13.3 Å². The van der Waals surface area contributed by atoms with Gasteiger partial charge in [-0.15, -0.1) is 0 Å². The topological polar surface area (TPSA) is 80.2 Å². The minimum absolute atomic E-state index is 0.130. The number of thioether (sulfide) groups is 1. The van der Waals surface area contributed by atoms with Crippen LogP contribution in [0.15, 0.2) is 51.9 Å². The third-order valence-electron chi connectivity index (χ3n) is 4.37. The number of imide groups is 1. The van der Waals surface area contributed by atoms with Gasteiger partial charge >= 0.3 is 0 Å². The molecule has 9 heteroatoms. The van der Waals surface area contributed by atoms with E-state index in [-0.39, 0.29) is 25.0 Å². The van der Waals surface area contributed by atoms with Gasteiger partial charge in [0.1, 0.15) is 5.25 Å². The molecule has 1 fully saturated rings. The highest BCUT2D eigenvalue weighted by Gasteiger charge is 2.40. The lowest BCUT2D eigenvalue weighted by molar-refractivity contribution is -0.121. The number of amides is 2. The van der Waals surface area contributed by atoms with Gasteiger partial charge in [-0.3, -0.25) is 14.6 Å². The molecule has 2 aliphatic heterocycles. The largest absolute Gasteiger partial charge is 0.454 e. The average Bonchev–Trinajstić information content (AvgIpc) is 3.27. The maximum Gasteiger partial charge on any atom is 0.247 e. The van der Waals surface area contributed by atoms with Crippen LogP contribution in [0.5, 0.6) is 11.5 Å². The van der Waals surface area contributed by atoms with Crippen molar-refractivity contribution in [1.82, 2.24) is 0 Å². The molecule has 0 aliphatic carbocycles. The van der Waals surface area contributed by atoms with Gasteiger partial charge in [-0.25, -0.2) is 4.90 Å². The molecule has 2 aromatic carbocycles. The van der Waals surface area contributed by atoms with E-state index in [1.165, 1.54) is 16.7 Å². The Morgan fingerprint density at radius 3 is 2.72 bits per heavy atom. The van der Waals surface area contributed by atoms with Crippen LogP contribution in [0, 0.1) is 0 Å². The zero-order valence-corrected chi connectivity index (χ0v) is 18.0. The molecule has 1 N–H and O–H groups in total. The van der Waals surface area contributed by atoms with Gasteiger partial charge in [-0.05, 0) is 43.3 Å². The van der Waals surface area contributed by atoms with E-state index in [0.717, 1.165) is 10.2 Å². The number of anilines is 2. The molecular formula is C20H18BrN3O4S. The summed E-state index contributed by atoms with van der Waals surface area (Å²) in [5.74, 6) is 0.899. The fourth-order valence-corrected chi connectivity index (χ4v) is 4.39. The molecule has 0 aromatic heterocycles. The van der Waals surface area contributed by atoms with Gasteiger partial charge < -0.3 is 14.8 Å². The maximum atomic E-state index is 12.9. The third kappa shape index (κ3) is 4.25. The minimum atomic E-state index is -0.530. The van der Waals surface area contributed by atoms with Crippen molar-refractivity contribution in [2.45, 2.75) is 18.6 Å². The Morgan fingerprint density at radius 2 is 1.97 bits per heavy atom. The second-order valence-electron chi connectivity index (χ2n) is 6.33. The number of ether oxygens (including phenoxy) is 2. The molecule has 29 heavy (non-hydrogen) atoms. The van der Waals surface area contributed by atoms with Gasteiger partial charge in [0.2, 0.25) is 18.6 Å². The number of nitrogens with one attached hydrogen (secondary N) is 1. The number of hydrogen-bond acceptors (Lipinski definition) is 6. The molecule has 0 radical (unpaired) electrons. The smallest absolute Gasteiger partial charge is 0.247 e. The normalized spacial score (nSPS) is 18.5. The van der Waals surface area contributed by atoms with E-state index in [9.17, 15) is 9.59 Å². The average molecular weight is 476 g/mol. The number of hydrogen-bond donors (Lipinski definition) is 1. The van der Waals surface area contributed by atoms with Crippen LogP contribution in [0.3, 0.4) is 0 Å². The number of benzene rings is 2. The molecule has 2 amide bonds. The molecule has 0 spiro atoms. The standard InChI is InChI=1S/C20H18BrN3O4S/c1-2-22-20(23-13-5-8-15-16(9-13)28-11-27-15)29-17-10-18(25)24(19(17)26)14-6-3-12(21)4-7-14/h3-9,17H,2,10-11H2,1H3,(H,22,23)/t17-/m0/s1. The fourth-order valence-electron chi connectivity index (χ4n) is 3.04. The highest BCUT2D eigenvalue weighted by atomic mass is 79.9. The van der Waals surface area contributed by atoms with Crippen molar-refractivity contribution in [2.75, 3.05) is 23.6 Å². The monoisotopic (exact) mass is 475 g/mol. The molecule has 1 atom stereocenters. The molecule has 4 rings (SSSR count). The summed E-state index contributed by atoms with van der Waals surface area (Å²) >= 11 is 4.63. The fraction of sp³-hybridized carbons (Fsp3) is 0.250. The molecule has 2 aromatic rings. The molecule has 0 unspecified atom stereocenters. The van der Waals surface area contributed by atoms with Crippen LogP contribution >= 0.6 is 27.7 Å². The van der Waals surface area contributed by atoms with Crippen LogP contribution in [-0.4, -0.2) is 35.6 Å². The first-order valence-corrected chi connectivity index (χ1v) is 10.7. The predicted molar refractivity (Wildman–Crippen MR) is 117 cm³/mol. The van der Waals surface area contributed by atoms with Gasteiger partial charge in [0.15, 0.2) is 16.7 Å². The second-order valence-corrected chi connectivity index (χ2v) is 8.43. The quantitative estimate of drug-likeness (QED) is 0.408. The first kappa shape index (κ1) is 19.8. The number of halogens is 1. The van der Waals surface area contributed by atoms with Gasteiger partial charge in [-0.1, -0.05) is 27.7 Å². The highest BCUT2D eigenvalue weighted by molar-refractivity contribution is 9.10. The summed E-state index contributed by atoms with van der Waals surface area (Å²) in [4.78, 5) is 31.1. The van der Waals surface area contributed by atoms with E-state index in [0.29, 0.717) is 28.9 Å². The molecule has 1 saturated heterocycles. The summed E-state index contributed by atoms with van der Waals surface area (Å²) in [6, 6.07) is 12.6. The summed E-state index contributed by atoms with van der Waals surface area (Å²) in [6.07, 6.45) is 0.130. The first-order valence-electron chi connectivity index (χ1n) is 9.05. The third-order valence-corrected chi connectivity index (χ3v) is 6.01. The lowest BCUT2D eigenvalue weighted by Crippen LogP contribution is -2.31. The van der Waals surface area contributed by atoms with Crippen molar-refractivity contribution < 1.29 is 19.1 Å². The number of carbonyl (C=O) groups excluding carboxylic acids is 2. The number of carbonyl (C=O) groups is 2. The Hall–Kier alpha value is -2.52. The van der Waals surface area contributed by atoms with E-state index in [4.69, 9.17) is 9.47 Å². The minimum Gasteiger partial charge on any atom is -0.454 e. The molecular weight excluding hydrogens is 458 g/mol. The Balaban J connectivity index is 1.48. The van der Waals surface area contributed by atoms with Gasteiger partial charge in [0, 0.05) is 29.2 Å². The summed E-state index contributed by atoms with van der Waals surface area (Å²) < 4.78 is 11.6. The maximum absolute atomic E-state index is 12.9. The van der Waals surface area contributed by atoms with E-state index in [1.54, 1.807) is 12.1 Å². The highest BCUT2D eigenvalue weighted by Crippen LogP contribution is 2.35. The second kappa shape index (κ2) is 8.46. The molecule has 2 aliphatic rings. The van der Waals surface area contributed by atoms with Crippen LogP contribution in [0.4, 0.5) is 11.4 Å². The Bertz CT molecular complexity index is 980. The first-order chi connectivity index (χ1) is 14.0. The Kier molecular flexibility index (Phi) is 5.77. The predicted octanol–water partition coefficient (Wildman–Crippen LogP) is 4.03. The number of rotatable bonds is 4. The molecule has 2 heterocycles. The van der Waals surface area contributed by atoms with E-state index in [2.05, 4.69) is 26.2 Å². The molecule has 150 valence electrons. The van der Waals surface area contributed by atoms with Crippen molar-refractivity contribution >= 4 is 56.0 Å². The lowest BCUT2D eigenvalue weighted by atomic mass is 10.3. The van der Waals surface area contributed by atoms with E-state index >= 15 is 0 Å². The Labute approximate surface area is 180 Å². The van der Waals surface area contributed by atoms with E-state index < -0.39 is 5.25 Å². The van der Waals surface area contributed by atoms with Crippen molar-refractivity contribution in [3.05, 3.63) is 46.9 Å². The molecule has 7 nitrogen and oxygen atoms in total. The van der Waals surface area contributed by atoms with E-state index in [1.807, 2.05) is 37.3 Å². The van der Waals surface area contributed by atoms with Crippen molar-refractivity contribution in [3.63, 3.8) is 0 Å². The van der Waals surface area contributed by atoms with Crippen LogP contribution in [-0.2, 0) is 9.59 Å².